The first-order valence-electron chi connectivity index (χ1n) is 13.8. The van der Waals surface area contributed by atoms with E-state index in [0.29, 0.717) is 12.8 Å². The highest BCUT2D eigenvalue weighted by Gasteiger charge is 2.36. The van der Waals surface area contributed by atoms with E-state index in [1.165, 1.54) is 6.42 Å². The average Bonchev–Trinajstić information content (AvgIpc) is 3.23. The van der Waals surface area contributed by atoms with Gasteiger partial charge in [0.1, 0.15) is 30.1 Å². The number of hydrogen-bond donors (Lipinski definition) is 1. The van der Waals surface area contributed by atoms with Crippen molar-refractivity contribution in [2.45, 2.75) is 90.0 Å². The summed E-state index contributed by atoms with van der Waals surface area (Å²) in [5.74, 6) is 0.351. The molecule has 7 heteroatoms. The lowest BCUT2D eigenvalue weighted by molar-refractivity contribution is -0.160. The molecule has 1 heterocycles. The van der Waals surface area contributed by atoms with Crippen molar-refractivity contribution in [2.24, 2.45) is 13.0 Å². The molecule has 1 saturated carbocycles. The monoisotopic (exact) mass is 519 g/mol. The molecule has 0 amide bonds. The number of rotatable bonds is 10. The number of benzene rings is 2. The number of nitrogens with zero attached hydrogens (tertiary/aromatic N) is 2. The molecule has 1 aromatic heterocycles. The van der Waals surface area contributed by atoms with Gasteiger partial charge in [-0.2, -0.15) is 0 Å². The summed E-state index contributed by atoms with van der Waals surface area (Å²) in [5, 5.41) is 3.42. The van der Waals surface area contributed by atoms with Crippen molar-refractivity contribution in [1.29, 1.82) is 0 Å². The van der Waals surface area contributed by atoms with Crippen LogP contribution in [0.5, 0.6) is 0 Å². The number of ether oxygens (including phenoxy) is 2. The number of fused-ring (bicyclic) bond motifs is 1. The van der Waals surface area contributed by atoms with Crippen LogP contribution >= 0.6 is 0 Å². The number of para-hydroxylation sites is 2. The van der Waals surface area contributed by atoms with Crippen LogP contribution < -0.4 is 5.32 Å². The fraction of sp³-hybridized carbons (Fsp3) is 0.516. The lowest BCUT2D eigenvalue weighted by Crippen LogP contribution is -2.53. The van der Waals surface area contributed by atoms with E-state index in [1.54, 1.807) is 0 Å². The van der Waals surface area contributed by atoms with E-state index in [1.807, 2.05) is 82.4 Å². The second-order valence-electron chi connectivity index (χ2n) is 11.3. The topological polar surface area (TPSA) is 82.5 Å². The van der Waals surface area contributed by atoms with Gasteiger partial charge in [-0.25, -0.2) is 4.98 Å². The van der Waals surface area contributed by atoms with Crippen LogP contribution in [0.1, 0.15) is 70.7 Å². The van der Waals surface area contributed by atoms with Crippen LogP contribution in [-0.4, -0.2) is 39.2 Å². The summed E-state index contributed by atoms with van der Waals surface area (Å²) in [6, 6.07) is 16.4. The second kappa shape index (κ2) is 12.6. The predicted molar refractivity (Wildman–Crippen MR) is 148 cm³/mol. The van der Waals surface area contributed by atoms with Crippen molar-refractivity contribution in [2.75, 3.05) is 0 Å². The summed E-state index contributed by atoms with van der Waals surface area (Å²) in [6.45, 7) is 5.81. The van der Waals surface area contributed by atoms with E-state index < -0.39 is 17.7 Å². The van der Waals surface area contributed by atoms with Crippen molar-refractivity contribution in [3.8, 4) is 0 Å². The number of esters is 2. The van der Waals surface area contributed by atoms with Crippen molar-refractivity contribution in [3.05, 3.63) is 66.0 Å². The standard InChI is InChI=1S/C31H41N3O4/c1-31(2,3)38-30(36)28(23-15-9-6-10-16-23)33-25(29(35)37-21-22-13-7-5-8-14-22)19-20-27-32-24-17-11-12-18-26(24)34(27)4/h5,7-8,11-14,17-18,23,25,28,33H,6,9-10,15-16,19-21H2,1-4H3/t25?,28-/m0/s1. The van der Waals surface area contributed by atoms with Gasteiger partial charge in [0.25, 0.3) is 0 Å². The zero-order chi connectivity index (χ0) is 27.1. The highest BCUT2D eigenvalue weighted by molar-refractivity contribution is 5.80. The Morgan fingerprint density at radius 2 is 1.68 bits per heavy atom. The van der Waals surface area contributed by atoms with E-state index in [-0.39, 0.29) is 24.5 Å². The number of imidazole rings is 1. The summed E-state index contributed by atoms with van der Waals surface area (Å²) < 4.78 is 13.6. The zero-order valence-electron chi connectivity index (χ0n) is 23.1. The summed E-state index contributed by atoms with van der Waals surface area (Å²) in [4.78, 5) is 31.6. The molecule has 4 rings (SSSR count). The lowest BCUT2D eigenvalue weighted by atomic mass is 9.83. The third-order valence-electron chi connectivity index (χ3n) is 7.21. The summed E-state index contributed by atoms with van der Waals surface area (Å²) >= 11 is 0. The smallest absolute Gasteiger partial charge is 0.323 e. The fourth-order valence-electron chi connectivity index (χ4n) is 5.24. The van der Waals surface area contributed by atoms with Gasteiger partial charge in [0.2, 0.25) is 0 Å². The molecule has 1 aliphatic carbocycles. The fourth-order valence-corrected chi connectivity index (χ4v) is 5.24. The highest BCUT2D eigenvalue weighted by Crippen LogP contribution is 2.29. The molecule has 1 aliphatic rings. The van der Waals surface area contributed by atoms with E-state index >= 15 is 0 Å². The van der Waals surface area contributed by atoms with E-state index in [4.69, 9.17) is 14.5 Å². The Morgan fingerprint density at radius 1 is 1.00 bits per heavy atom. The van der Waals surface area contributed by atoms with Crippen LogP contribution in [0.25, 0.3) is 11.0 Å². The van der Waals surface area contributed by atoms with Gasteiger partial charge in [-0.15, -0.1) is 0 Å². The Kier molecular flexibility index (Phi) is 9.21. The van der Waals surface area contributed by atoms with Crippen molar-refractivity contribution in [3.63, 3.8) is 0 Å². The molecule has 2 atom stereocenters. The van der Waals surface area contributed by atoms with Gasteiger partial charge in [-0.1, -0.05) is 61.7 Å². The van der Waals surface area contributed by atoms with Gasteiger partial charge >= 0.3 is 11.9 Å². The zero-order valence-corrected chi connectivity index (χ0v) is 23.1. The van der Waals surface area contributed by atoms with Crippen LogP contribution in [0.15, 0.2) is 54.6 Å². The summed E-state index contributed by atoms with van der Waals surface area (Å²) in [6.07, 6.45) is 6.22. The number of carbonyl (C=O) groups excluding carboxylic acids is 2. The van der Waals surface area contributed by atoms with Crippen LogP contribution in [0.4, 0.5) is 0 Å². The van der Waals surface area contributed by atoms with Crippen LogP contribution in [-0.2, 0) is 39.1 Å². The first-order chi connectivity index (χ1) is 18.2. The van der Waals surface area contributed by atoms with Crippen molar-refractivity contribution < 1.29 is 19.1 Å². The number of nitrogens with one attached hydrogen (secondary N) is 1. The maximum absolute atomic E-state index is 13.5. The normalized spacial score (nSPS) is 16.2. The Labute approximate surface area is 225 Å². The molecule has 0 radical (unpaired) electrons. The molecule has 1 N–H and O–H groups in total. The minimum atomic E-state index is -0.669. The lowest BCUT2D eigenvalue weighted by Gasteiger charge is -2.34. The minimum absolute atomic E-state index is 0.124. The molecule has 3 aromatic rings. The molecule has 0 saturated heterocycles. The van der Waals surface area contributed by atoms with Gasteiger partial charge in [-0.05, 0) is 63.6 Å². The van der Waals surface area contributed by atoms with Crippen LogP contribution in [0.2, 0.25) is 0 Å². The first-order valence-corrected chi connectivity index (χ1v) is 13.8. The Morgan fingerprint density at radius 3 is 2.37 bits per heavy atom. The highest BCUT2D eigenvalue weighted by atomic mass is 16.6. The Balaban J connectivity index is 1.55. The number of aryl methyl sites for hydroxylation is 2. The SMILES string of the molecule is Cn1c(CCC(N[C@H](C(=O)OC(C)(C)C)C2CCCCC2)C(=O)OCc2ccccc2)nc2ccccc21. The summed E-state index contributed by atoms with van der Waals surface area (Å²) in [7, 11) is 1.99. The van der Waals surface area contributed by atoms with E-state index in [2.05, 4.69) is 9.88 Å². The quantitative estimate of drug-likeness (QED) is 0.356. The Hall–Kier alpha value is -3.19. The average molecular weight is 520 g/mol. The molecule has 7 nitrogen and oxygen atoms in total. The van der Waals surface area contributed by atoms with Gasteiger partial charge in [-0.3, -0.25) is 14.9 Å². The van der Waals surface area contributed by atoms with E-state index in [0.717, 1.165) is 48.1 Å². The molecule has 38 heavy (non-hydrogen) atoms. The molecule has 2 aromatic carbocycles. The molecule has 1 unspecified atom stereocenters. The molecular weight excluding hydrogens is 478 g/mol. The second-order valence-corrected chi connectivity index (χ2v) is 11.3. The number of aromatic nitrogens is 2. The molecule has 204 valence electrons. The third kappa shape index (κ3) is 7.44. The van der Waals surface area contributed by atoms with Crippen molar-refractivity contribution in [1.82, 2.24) is 14.9 Å². The van der Waals surface area contributed by atoms with Crippen molar-refractivity contribution >= 4 is 23.0 Å². The molecule has 1 fully saturated rings. The third-order valence-corrected chi connectivity index (χ3v) is 7.21. The summed E-state index contributed by atoms with van der Waals surface area (Å²) in [5.41, 5.74) is 2.29. The number of hydrogen-bond acceptors (Lipinski definition) is 6. The van der Waals surface area contributed by atoms with Gasteiger partial charge in [0.05, 0.1) is 11.0 Å². The molecular formula is C31H41N3O4. The van der Waals surface area contributed by atoms with E-state index in [9.17, 15) is 9.59 Å². The predicted octanol–water partition coefficient (Wildman–Crippen LogP) is 5.50. The van der Waals surface area contributed by atoms with Gasteiger partial charge in [0.15, 0.2) is 0 Å². The molecule has 0 aliphatic heterocycles. The largest absolute Gasteiger partial charge is 0.460 e. The molecule has 0 spiro atoms. The number of carbonyl (C=O) groups is 2. The maximum atomic E-state index is 13.5. The first kappa shape index (κ1) is 27.8. The van der Waals surface area contributed by atoms with Crippen LogP contribution in [0.3, 0.4) is 0 Å². The van der Waals surface area contributed by atoms with Gasteiger partial charge in [0, 0.05) is 13.5 Å². The maximum Gasteiger partial charge on any atom is 0.323 e. The Bertz CT molecular complexity index is 1210. The minimum Gasteiger partial charge on any atom is -0.460 e. The van der Waals surface area contributed by atoms with Crippen LogP contribution in [0, 0.1) is 5.92 Å². The molecule has 0 bridgehead atoms. The van der Waals surface area contributed by atoms with Gasteiger partial charge < -0.3 is 14.0 Å².